The molecule has 4 aromatic rings. The van der Waals surface area contributed by atoms with E-state index in [1.54, 1.807) is 23.1 Å². The van der Waals surface area contributed by atoms with Crippen molar-refractivity contribution in [3.8, 4) is 16.3 Å². The van der Waals surface area contributed by atoms with Crippen LogP contribution in [-0.4, -0.2) is 19.7 Å². The van der Waals surface area contributed by atoms with Crippen molar-refractivity contribution in [3.05, 3.63) is 89.2 Å². The van der Waals surface area contributed by atoms with E-state index in [1.165, 1.54) is 11.1 Å². The molecule has 0 aliphatic heterocycles. The lowest BCUT2D eigenvalue weighted by Crippen LogP contribution is -2.12. The van der Waals surface area contributed by atoms with Crippen molar-refractivity contribution in [1.82, 2.24) is 19.7 Å². The maximum absolute atomic E-state index is 6.17. The molecule has 2 heterocycles. The van der Waals surface area contributed by atoms with Crippen molar-refractivity contribution in [3.63, 3.8) is 0 Å². The van der Waals surface area contributed by atoms with Crippen molar-refractivity contribution in [2.45, 2.75) is 44.3 Å². The standard InChI is InChI=1S/C25H26N4OS2/c1-5-13-29-23(19(4)30-22-12-11-17(2)18(3)14-22)27-28-25(29)32-16-21-15-31-24(26-21)20-9-7-6-8-10-20/h5-12,14-15,19H,1,13,16H2,2-4H3. The molecular formula is C25H26N4OS2. The summed E-state index contributed by atoms with van der Waals surface area (Å²) < 4.78 is 8.24. The zero-order valence-corrected chi connectivity index (χ0v) is 20.1. The lowest BCUT2D eigenvalue weighted by Gasteiger charge is -2.16. The summed E-state index contributed by atoms with van der Waals surface area (Å²) >= 11 is 3.29. The molecule has 2 aromatic carbocycles. The fraction of sp³-hybridized carbons (Fsp3) is 0.240. The van der Waals surface area contributed by atoms with Crippen molar-refractivity contribution in [2.24, 2.45) is 0 Å². The predicted molar refractivity (Wildman–Crippen MR) is 132 cm³/mol. The number of aryl methyl sites for hydroxylation is 2. The normalized spacial score (nSPS) is 12.0. The highest BCUT2D eigenvalue weighted by Crippen LogP contribution is 2.29. The van der Waals surface area contributed by atoms with Gasteiger partial charge in [-0.05, 0) is 44.0 Å². The Labute approximate surface area is 197 Å². The molecule has 0 amide bonds. The monoisotopic (exact) mass is 462 g/mol. The summed E-state index contributed by atoms with van der Waals surface area (Å²) in [6, 6.07) is 16.4. The van der Waals surface area contributed by atoms with Crippen molar-refractivity contribution >= 4 is 23.1 Å². The molecule has 0 saturated heterocycles. The predicted octanol–water partition coefficient (Wildman–Crippen LogP) is 6.64. The van der Waals surface area contributed by atoms with Gasteiger partial charge in [-0.15, -0.1) is 28.1 Å². The summed E-state index contributed by atoms with van der Waals surface area (Å²) in [6.45, 7) is 10.7. The molecule has 0 spiro atoms. The Morgan fingerprint density at radius 2 is 1.94 bits per heavy atom. The Morgan fingerprint density at radius 3 is 2.69 bits per heavy atom. The SMILES string of the molecule is C=CCn1c(SCc2csc(-c3ccccc3)n2)nnc1C(C)Oc1ccc(C)c(C)c1. The number of nitrogens with zero attached hydrogens (tertiary/aromatic N) is 4. The van der Waals surface area contributed by atoms with E-state index >= 15 is 0 Å². The highest BCUT2D eigenvalue weighted by Gasteiger charge is 2.19. The lowest BCUT2D eigenvalue weighted by molar-refractivity contribution is 0.210. The van der Waals surface area contributed by atoms with Crippen LogP contribution in [0.3, 0.4) is 0 Å². The molecule has 4 rings (SSSR count). The molecule has 1 atom stereocenters. The summed E-state index contributed by atoms with van der Waals surface area (Å²) in [5.41, 5.74) is 4.63. The highest BCUT2D eigenvalue weighted by atomic mass is 32.2. The van der Waals surface area contributed by atoms with Crippen LogP contribution in [0, 0.1) is 13.8 Å². The summed E-state index contributed by atoms with van der Waals surface area (Å²) in [4.78, 5) is 4.78. The van der Waals surface area contributed by atoms with Gasteiger partial charge < -0.3 is 4.74 Å². The number of ether oxygens (including phenoxy) is 1. The Morgan fingerprint density at radius 1 is 1.12 bits per heavy atom. The average Bonchev–Trinajstić information content (AvgIpc) is 3.43. The molecule has 0 radical (unpaired) electrons. The van der Waals surface area contributed by atoms with Crippen LogP contribution >= 0.6 is 23.1 Å². The van der Waals surface area contributed by atoms with Crippen LogP contribution in [0.4, 0.5) is 0 Å². The van der Waals surface area contributed by atoms with E-state index in [2.05, 4.69) is 64.8 Å². The smallest absolute Gasteiger partial charge is 0.192 e. The molecule has 0 aliphatic carbocycles. The van der Waals surface area contributed by atoms with E-state index in [4.69, 9.17) is 9.72 Å². The molecule has 2 aromatic heterocycles. The largest absolute Gasteiger partial charge is 0.483 e. The van der Waals surface area contributed by atoms with Crippen LogP contribution in [-0.2, 0) is 12.3 Å². The number of benzene rings is 2. The first kappa shape index (κ1) is 22.3. The second kappa shape index (κ2) is 10.1. The van der Waals surface area contributed by atoms with Crippen LogP contribution in [0.5, 0.6) is 5.75 Å². The minimum Gasteiger partial charge on any atom is -0.483 e. The fourth-order valence-corrected chi connectivity index (χ4v) is 5.06. The molecule has 164 valence electrons. The summed E-state index contributed by atoms with van der Waals surface area (Å²) in [6.07, 6.45) is 1.62. The molecule has 0 saturated carbocycles. The van der Waals surface area contributed by atoms with Gasteiger partial charge in [-0.2, -0.15) is 0 Å². The molecule has 0 fully saturated rings. The zero-order chi connectivity index (χ0) is 22.5. The first-order chi connectivity index (χ1) is 15.5. The van der Waals surface area contributed by atoms with Crippen molar-refractivity contribution < 1.29 is 4.74 Å². The van der Waals surface area contributed by atoms with Crippen LogP contribution in [0.1, 0.15) is 35.7 Å². The lowest BCUT2D eigenvalue weighted by atomic mass is 10.1. The minimum atomic E-state index is -0.233. The van der Waals surface area contributed by atoms with Gasteiger partial charge in [-0.1, -0.05) is 54.2 Å². The first-order valence-electron chi connectivity index (χ1n) is 10.5. The second-order valence-electron chi connectivity index (χ2n) is 7.54. The highest BCUT2D eigenvalue weighted by molar-refractivity contribution is 7.98. The van der Waals surface area contributed by atoms with Gasteiger partial charge in [0.25, 0.3) is 0 Å². The van der Waals surface area contributed by atoms with Crippen molar-refractivity contribution in [2.75, 3.05) is 0 Å². The summed E-state index contributed by atoms with van der Waals surface area (Å²) in [5, 5.41) is 12.8. The third-order valence-electron chi connectivity index (χ3n) is 5.13. The summed E-state index contributed by atoms with van der Waals surface area (Å²) in [7, 11) is 0. The zero-order valence-electron chi connectivity index (χ0n) is 18.5. The number of rotatable bonds is 9. The quantitative estimate of drug-likeness (QED) is 0.206. The number of aromatic nitrogens is 4. The van der Waals surface area contributed by atoms with Gasteiger partial charge in [0.2, 0.25) is 0 Å². The van der Waals surface area contributed by atoms with Crippen LogP contribution < -0.4 is 4.74 Å². The third kappa shape index (κ3) is 5.11. The van der Waals surface area contributed by atoms with Gasteiger partial charge in [-0.25, -0.2) is 4.98 Å². The van der Waals surface area contributed by atoms with Gasteiger partial charge in [-0.3, -0.25) is 4.57 Å². The minimum absolute atomic E-state index is 0.233. The second-order valence-corrected chi connectivity index (χ2v) is 9.35. The maximum atomic E-state index is 6.17. The first-order valence-corrected chi connectivity index (χ1v) is 12.3. The number of hydrogen-bond donors (Lipinski definition) is 0. The molecule has 7 heteroatoms. The van der Waals surface area contributed by atoms with Gasteiger partial charge in [0.1, 0.15) is 10.8 Å². The van der Waals surface area contributed by atoms with E-state index in [0.717, 1.165) is 38.7 Å². The van der Waals surface area contributed by atoms with E-state index < -0.39 is 0 Å². The Bertz CT molecular complexity index is 1200. The van der Waals surface area contributed by atoms with Gasteiger partial charge in [0.05, 0.1) is 5.69 Å². The third-order valence-corrected chi connectivity index (χ3v) is 7.07. The van der Waals surface area contributed by atoms with Gasteiger partial charge >= 0.3 is 0 Å². The van der Waals surface area contributed by atoms with Gasteiger partial charge in [0.15, 0.2) is 17.1 Å². The molecule has 5 nitrogen and oxygen atoms in total. The molecule has 0 N–H and O–H groups in total. The van der Waals surface area contributed by atoms with E-state index in [-0.39, 0.29) is 6.10 Å². The molecule has 0 aliphatic rings. The topological polar surface area (TPSA) is 52.8 Å². The number of allylic oxidation sites excluding steroid dienone is 1. The average molecular weight is 463 g/mol. The van der Waals surface area contributed by atoms with Crippen LogP contribution in [0.25, 0.3) is 10.6 Å². The van der Waals surface area contributed by atoms with E-state index in [1.807, 2.05) is 37.3 Å². The number of hydrogen-bond acceptors (Lipinski definition) is 6. The Balaban J connectivity index is 1.47. The van der Waals surface area contributed by atoms with Crippen molar-refractivity contribution in [1.29, 1.82) is 0 Å². The number of thioether (sulfide) groups is 1. The maximum Gasteiger partial charge on any atom is 0.192 e. The summed E-state index contributed by atoms with van der Waals surface area (Å²) in [5.74, 6) is 2.35. The molecule has 0 bridgehead atoms. The van der Waals surface area contributed by atoms with Gasteiger partial charge in [0, 0.05) is 23.2 Å². The van der Waals surface area contributed by atoms with E-state index in [0.29, 0.717) is 6.54 Å². The number of thiazole rings is 1. The van der Waals surface area contributed by atoms with Crippen LogP contribution in [0.2, 0.25) is 0 Å². The fourth-order valence-electron chi connectivity index (χ4n) is 3.28. The molecular weight excluding hydrogens is 436 g/mol. The molecule has 1 unspecified atom stereocenters. The van der Waals surface area contributed by atoms with E-state index in [9.17, 15) is 0 Å². The Hall–Kier alpha value is -2.90. The van der Waals surface area contributed by atoms with Crippen LogP contribution in [0.15, 0.2) is 71.7 Å². The Kier molecular flexibility index (Phi) is 7.07. The molecule has 32 heavy (non-hydrogen) atoms.